The normalized spacial score (nSPS) is 18.9. The van der Waals surface area contributed by atoms with Crippen molar-refractivity contribution in [3.63, 3.8) is 0 Å². The fourth-order valence-electron chi connectivity index (χ4n) is 2.87. The highest BCUT2D eigenvalue weighted by atomic mass is 35.5. The monoisotopic (exact) mass is 334 g/mol. The topological polar surface area (TPSA) is 82.9 Å². The molecule has 1 unspecified atom stereocenters. The van der Waals surface area contributed by atoms with Crippen molar-refractivity contribution in [1.82, 2.24) is 30.6 Å². The van der Waals surface area contributed by atoms with E-state index in [2.05, 4.69) is 37.6 Å². The molecule has 1 atom stereocenters. The molecular formula is C15H19ClN6O. The van der Waals surface area contributed by atoms with Gasteiger partial charge in [0, 0.05) is 25.0 Å². The smallest absolute Gasteiger partial charge is 0.232 e. The van der Waals surface area contributed by atoms with Crippen LogP contribution in [-0.2, 0) is 6.42 Å². The van der Waals surface area contributed by atoms with Crippen LogP contribution in [0.15, 0.2) is 28.8 Å². The van der Waals surface area contributed by atoms with Crippen molar-refractivity contribution in [3.05, 3.63) is 41.7 Å². The number of benzene rings is 1. The number of H-pyrrole nitrogens is 1. The van der Waals surface area contributed by atoms with Crippen LogP contribution >= 0.6 is 12.4 Å². The molecular weight excluding hydrogens is 316 g/mol. The molecule has 1 aromatic carbocycles. The Morgan fingerprint density at radius 2 is 2.22 bits per heavy atom. The van der Waals surface area contributed by atoms with Gasteiger partial charge in [0.25, 0.3) is 0 Å². The standard InChI is InChI=1S/C15H18N6O.ClH/c1-21-7-6-16-9-13(21)15-17-14(22-20-15)8-12-10-4-2-3-5-11(10)18-19-12;/h2-5,13,16H,6-9H2,1H3,(H,18,19);1H. The van der Waals surface area contributed by atoms with E-state index in [1.807, 2.05) is 24.3 Å². The third-order valence-electron chi connectivity index (χ3n) is 4.16. The van der Waals surface area contributed by atoms with Crippen molar-refractivity contribution in [2.45, 2.75) is 12.5 Å². The van der Waals surface area contributed by atoms with Gasteiger partial charge in [-0.1, -0.05) is 23.4 Å². The Hall–Kier alpha value is -1.96. The first-order valence-electron chi connectivity index (χ1n) is 7.46. The van der Waals surface area contributed by atoms with Gasteiger partial charge in [-0.05, 0) is 13.1 Å². The maximum absolute atomic E-state index is 5.43. The number of rotatable bonds is 3. The molecule has 1 saturated heterocycles. The van der Waals surface area contributed by atoms with Gasteiger partial charge in [-0.2, -0.15) is 10.1 Å². The first-order valence-corrected chi connectivity index (χ1v) is 7.46. The average Bonchev–Trinajstić information content (AvgIpc) is 3.16. The molecule has 8 heteroatoms. The summed E-state index contributed by atoms with van der Waals surface area (Å²) in [6, 6.07) is 8.18. The number of hydrogen-bond acceptors (Lipinski definition) is 6. The Morgan fingerprint density at radius 3 is 3.09 bits per heavy atom. The summed E-state index contributed by atoms with van der Waals surface area (Å²) in [6.07, 6.45) is 0.567. The predicted molar refractivity (Wildman–Crippen MR) is 88.7 cm³/mol. The number of halogens is 1. The van der Waals surface area contributed by atoms with Crippen LogP contribution in [0.2, 0.25) is 0 Å². The number of hydrogen-bond donors (Lipinski definition) is 2. The van der Waals surface area contributed by atoms with Gasteiger partial charge in [-0.25, -0.2) is 0 Å². The van der Waals surface area contributed by atoms with Gasteiger partial charge in [0.2, 0.25) is 5.89 Å². The van der Waals surface area contributed by atoms with E-state index in [0.29, 0.717) is 12.3 Å². The van der Waals surface area contributed by atoms with E-state index >= 15 is 0 Å². The summed E-state index contributed by atoms with van der Waals surface area (Å²) in [7, 11) is 2.09. The quantitative estimate of drug-likeness (QED) is 0.756. The lowest BCUT2D eigenvalue weighted by Crippen LogP contribution is -2.44. The van der Waals surface area contributed by atoms with E-state index in [0.717, 1.165) is 42.1 Å². The molecule has 2 N–H and O–H groups in total. The number of aromatic nitrogens is 4. The highest BCUT2D eigenvalue weighted by Gasteiger charge is 2.25. The highest BCUT2D eigenvalue weighted by Crippen LogP contribution is 2.20. The molecule has 3 aromatic rings. The molecule has 0 amide bonds. The number of piperazine rings is 1. The molecule has 4 rings (SSSR count). The minimum atomic E-state index is 0. The second-order valence-corrected chi connectivity index (χ2v) is 5.64. The molecule has 3 heterocycles. The SMILES string of the molecule is CN1CCNCC1c1noc(Cc2[nH]nc3ccccc23)n1.Cl. The van der Waals surface area contributed by atoms with Crippen molar-refractivity contribution in [1.29, 1.82) is 0 Å². The van der Waals surface area contributed by atoms with Gasteiger partial charge in [-0.15, -0.1) is 12.4 Å². The average molecular weight is 335 g/mol. The molecule has 0 radical (unpaired) electrons. The predicted octanol–water partition coefficient (Wildman–Crippen LogP) is 1.53. The molecule has 0 bridgehead atoms. The summed E-state index contributed by atoms with van der Waals surface area (Å²) in [6.45, 7) is 2.83. The summed E-state index contributed by atoms with van der Waals surface area (Å²) in [5, 5.41) is 16.0. The van der Waals surface area contributed by atoms with Gasteiger partial charge < -0.3 is 9.84 Å². The van der Waals surface area contributed by atoms with Crippen molar-refractivity contribution < 1.29 is 4.52 Å². The number of para-hydroxylation sites is 1. The van der Waals surface area contributed by atoms with Gasteiger partial charge in [0.05, 0.1) is 23.7 Å². The lowest BCUT2D eigenvalue weighted by atomic mass is 10.1. The Balaban J connectivity index is 0.00000156. The van der Waals surface area contributed by atoms with E-state index in [-0.39, 0.29) is 18.4 Å². The van der Waals surface area contributed by atoms with Crippen LogP contribution in [0, 0.1) is 0 Å². The zero-order chi connectivity index (χ0) is 14.9. The number of nitrogens with zero attached hydrogens (tertiary/aromatic N) is 4. The Bertz CT molecular complexity index is 785. The maximum atomic E-state index is 5.43. The summed E-state index contributed by atoms with van der Waals surface area (Å²) in [5.41, 5.74) is 1.95. The first kappa shape index (κ1) is 15.9. The maximum Gasteiger partial charge on any atom is 0.232 e. The summed E-state index contributed by atoms with van der Waals surface area (Å²) in [4.78, 5) is 6.81. The summed E-state index contributed by atoms with van der Waals surface area (Å²) < 4.78 is 5.43. The van der Waals surface area contributed by atoms with Crippen molar-refractivity contribution in [2.24, 2.45) is 0 Å². The van der Waals surface area contributed by atoms with Crippen LogP contribution < -0.4 is 5.32 Å². The van der Waals surface area contributed by atoms with Crippen LogP contribution in [0.1, 0.15) is 23.5 Å². The third kappa shape index (κ3) is 3.08. The fraction of sp³-hybridized carbons (Fsp3) is 0.400. The highest BCUT2D eigenvalue weighted by molar-refractivity contribution is 5.85. The molecule has 1 aliphatic heterocycles. The van der Waals surface area contributed by atoms with Crippen molar-refractivity contribution in [3.8, 4) is 0 Å². The van der Waals surface area contributed by atoms with Crippen LogP contribution in [0.25, 0.3) is 10.9 Å². The van der Waals surface area contributed by atoms with Crippen molar-refractivity contribution >= 4 is 23.3 Å². The van der Waals surface area contributed by atoms with E-state index < -0.39 is 0 Å². The van der Waals surface area contributed by atoms with Crippen LogP contribution in [0.3, 0.4) is 0 Å². The lowest BCUT2D eigenvalue weighted by molar-refractivity contribution is 0.190. The van der Waals surface area contributed by atoms with Gasteiger partial charge in [0.15, 0.2) is 5.82 Å². The van der Waals surface area contributed by atoms with E-state index in [4.69, 9.17) is 4.52 Å². The summed E-state index contributed by atoms with van der Waals surface area (Å²) >= 11 is 0. The lowest BCUT2D eigenvalue weighted by Gasteiger charge is -2.30. The van der Waals surface area contributed by atoms with Crippen LogP contribution in [-0.4, -0.2) is 51.9 Å². The molecule has 7 nitrogen and oxygen atoms in total. The van der Waals surface area contributed by atoms with E-state index in [1.54, 1.807) is 0 Å². The minimum Gasteiger partial charge on any atom is -0.339 e. The molecule has 1 aliphatic rings. The largest absolute Gasteiger partial charge is 0.339 e. The number of likely N-dealkylation sites (N-methyl/N-ethyl adjacent to an activating group) is 1. The Kier molecular flexibility index (Phi) is 4.61. The van der Waals surface area contributed by atoms with E-state index in [9.17, 15) is 0 Å². The minimum absolute atomic E-state index is 0. The fourth-order valence-corrected chi connectivity index (χ4v) is 2.87. The Morgan fingerprint density at radius 1 is 1.35 bits per heavy atom. The molecule has 1 fully saturated rings. The molecule has 0 spiro atoms. The van der Waals surface area contributed by atoms with Crippen LogP contribution in [0.5, 0.6) is 0 Å². The van der Waals surface area contributed by atoms with Gasteiger partial charge in [0.1, 0.15) is 0 Å². The molecule has 122 valence electrons. The van der Waals surface area contributed by atoms with Crippen LogP contribution in [0.4, 0.5) is 0 Å². The second-order valence-electron chi connectivity index (χ2n) is 5.64. The number of fused-ring (bicyclic) bond motifs is 1. The third-order valence-corrected chi connectivity index (χ3v) is 4.16. The molecule has 2 aromatic heterocycles. The van der Waals surface area contributed by atoms with E-state index in [1.165, 1.54) is 0 Å². The second kappa shape index (κ2) is 6.66. The number of nitrogens with one attached hydrogen (secondary N) is 2. The summed E-state index contributed by atoms with van der Waals surface area (Å²) in [5.74, 6) is 1.36. The van der Waals surface area contributed by atoms with Gasteiger partial charge in [-0.3, -0.25) is 10.00 Å². The molecule has 23 heavy (non-hydrogen) atoms. The molecule has 0 aliphatic carbocycles. The zero-order valence-corrected chi connectivity index (χ0v) is 13.6. The number of aromatic amines is 1. The van der Waals surface area contributed by atoms with Gasteiger partial charge >= 0.3 is 0 Å². The van der Waals surface area contributed by atoms with Crippen molar-refractivity contribution in [2.75, 3.05) is 26.7 Å². The first-order chi connectivity index (χ1) is 10.8. The Labute approximate surface area is 139 Å². The zero-order valence-electron chi connectivity index (χ0n) is 12.8. The molecule has 0 saturated carbocycles.